The molecule has 0 bridgehead atoms. The summed E-state index contributed by atoms with van der Waals surface area (Å²) in [5.41, 5.74) is 5.34. The summed E-state index contributed by atoms with van der Waals surface area (Å²) in [5.74, 6) is -0.456. The zero-order chi connectivity index (χ0) is 36.3. The predicted octanol–water partition coefficient (Wildman–Crippen LogP) is 9.58. The van der Waals surface area contributed by atoms with Crippen molar-refractivity contribution in [3.63, 3.8) is 0 Å². The maximum Gasteiger partial charge on any atom is 0.472 e. The molecule has 0 spiro atoms. The highest BCUT2D eigenvalue weighted by Gasteiger charge is 2.27. The second-order valence-corrected chi connectivity index (χ2v) is 15.1. The van der Waals surface area contributed by atoms with Crippen molar-refractivity contribution in [3.8, 4) is 0 Å². The molecule has 10 heteroatoms. The van der Waals surface area contributed by atoms with E-state index in [0.717, 1.165) is 32.1 Å². The van der Waals surface area contributed by atoms with Gasteiger partial charge in [0.05, 0.1) is 37.9 Å². The molecule has 0 rings (SSSR count). The van der Waals surface area contributed by atoms with Crippen molar-refractivity contribution in [2.75, 3.05) is 19.8 Å². The first-order chi connectivity index (χ1) is 23.8. The number of aliphatic hydroxyl groups is 2. The number of hydrogen-bond acceptors (Lipinski definition) is 7. The van der Waals surface area contributed by atoms with Crippen LogP contribution in [0.25, 0.3) is 0 Å². The highest BCUT2D eigenvalue weighted by molar-refractivity contribution is 7.47. The molecule has 4 unspecified atom stereocenters. The van der Waals surface area contributed by atoms with Crippen LogP contribution in [0.3, 0.4) is 0 Å². The van der Waals surface area contributed by atoms with Gasteiger partial charge in [0.25, 0.3) is 0 Å². The van der Waals surface area contributed by atoms with Crippen LogP contribution >= 0.6 is 7.82 Å². The lowest BCUT2D eigenvalue weighted by atomic mass is 10.0. The summed E-state index contributed by atoms with van der Waals surface area (Å²) in [6, 6.07) is -0.994. The minimum absolute atomic E-state index is 0.0458. The average molecular weight is 717 g/mol. The third kappa shape index (κ3) is 33.8. The number of carbonyl (C=O) groups is 1. The summed E-state index contributed by atoms with van der Waals surface area (Å²) in [4.78, 5) is 22.7. The summed E-state index contributed by atoms with van der Waals surface area (Å²) >= 11 is 0. The summed E-state index contributed by atoms with van der Waals surface area (Å²) in [5, 5.41) is 23.9. The van der Waals surface area contributed by atoms with Gasteiger partial charge < -0.3 is 26.2 Å². The van der Waals surface area contributed by atoms with Crippen LogP contribution in [0, 0.1) is 0 Å². The van der Waals surface area contributed by atoms with Crippen molar-refractivity contribution in [2.45, 2.75) is 199 Å². The zero-order valence-electron chi connectivity index (χ0n) is 31.5. The molecule has 0 aliphatic carbocycles. The van der Waals surface area contributed by atoms with Crippen LogP contribution in [-0.2, 0) is 18.4 Å². The number of hydrogen-bond donors (Lipinski definition) is 5. The van der Waals surface area contributed by atoms with Crippen LogP contribution in [0.1, 0.15) is 181 Å². The molecule has 0 aromatic heterocycles. The first-order valence-electron chi connectivity index (χ1n) is 20.0. The van der Waals surface area contributed by atoms with E-state index in [2.05, 4.69) is 31.3 Å². The number of nitrogens with one attached hydrogen (secondary N) is 1. The molecule has 0 heterocycles. The van der Waals surface area contributed by atoms with E-state index in [1.54, 1.807) is 6.08 Å². The number of phosphoric acid groups is 1. The van der Waals surface area contributed by atoms with E-state index in [9.17, 15) is 24.5 Å². The smallest absolute Gasteiger partial charge is 0.393 e. The molecule has 1 amide bonds. The van der Waals surface area contributed by atoms with E-state index < -0.39 is 38.6 Å². The van der Waals surface area contributed by atoms with E-state index in [1.807, 2.05) is 6.08 Å². The lowest BCUT2D eigenvalue weighted by Crippen LogP contribution is -2.46. The molecule has 4 atom stereocenters. The Bertz CT molecular complexity index is 842. The second-order valence-electron chi connectivity index (χ2n) is 13.7. The second kappa shape index (κ2) is 35.3. The van der Waals surface area contributed by atoms with Crippen LogP contribution in [0.4, 0.5) is 0 Å². The van der Waals surface area contributed by atoms with E-state index in [-0.39, 0.29) is 19.6 Å². The number of phosphoric ester groups is 1. The summed E-state index contributed by atoms with van der Waals surface area (Å²) < 4.78 is 22.0. The standard InChI is InChI=1S/C39H77N2O7P/c1-3-5-7-9-11-13-15-17-19-20-22-24-26-28-30-36(42)34-39(44)41-37(35-48-49(45,46)47-33-32-40)38(43)31-29-27-25-23-21-18-16-14-12-10-8-6-4-2/h21,23,29,31,36-38,42-43H,3-20,22,24-28,30,32-35,40H2,1-2H3,(H,41,44)(H,45,46)/b23-21+,31-29+. The Morgan fingerprint density at radius 1 is 0.694 bits per heavy atom. The Kier molecular flexibility index (Phi) is 34.6. The van der Waals surface area contributed by atoms with Crippen molar-refractivity contribution in [3.05, 3.63) is 24.3 Å². The largest absolute Gasteiger partial charge is 0.472 e. The van der Waals surface area contributed by atoms with Crippen molar-refractivity contribution in [1.29, 1.82) is 0 Å². The molecule has 6 N–H and O–H groups in total. The van der Waals surface area contributed by atoms with Gasteiger partial charge in [0.1, 0.15) is 0 Å². The Morgan fingerprint density at radius 3 is 1.69 bits per heavy atom. The van der Waals surface area contributed by atoms with Gasteiger partial charge >= 0.3 is 7.82 Å². The molecule has 290 valence electrons. The maximum atomic E-state index is 12.8. The van der Waals surface area contributed by atoms with E-state index in [0.29, 0.717) is 12.8 Å². The maximum absolute atomic E-state index is 12.8. The van der Waals surface area contributed by atoms with Crippen molar-refractivity contribution in [1.82, 2.24) is 5.32 Å². The summed E-state index contributed by atoms with van der Waals surface area (Å²) in [6.45, 7) is 3.93. The van der Waals surface area contributed by atoms with Gasteiger partial charge in [-0.25, -0.2) is 4.57 Å². The summed E-state index contributed by atoms with van der Waals surface area (Å²) in [7, 11) is -4.40. The highest BCUT2D eigenvalue weighted by atomic mass is 31.2. The molecule has 0 fully saturated rings. The third-order valence-corrected chi connectivity index (χ3v) is 9.82. The number of aliphatic hydroxyl groups excluding tert-OH is 2. The van der Waals surface area contributed by atoms with Crippen LogP contribution in [0.15, 0.2) is 24.3 Å². The van der Waals surface area contributed by atoms with Gasteiger partial charge in [0, 0.05) is 6.54 Å². The van der Waals surface area contributed by atoms with E-state index >= 15 is 0 Å². The van der Waals surface area contributed by atoms with Crippen molar-refractivity contribution >= 4 is 13.7 Å². The van der Waals surface area contributed by atoms with Gasteiger partial charge in [-0.1, -0.05) is 167 Å². The topological polar surface area (TPSA) is 151 Å². The fourth-order valence-corrected chi connectivity index (χ4v) is 6.54. The fraction of sp³-hybridized carbons (Fsp3) is 0.872. The molecule has 0 aromatic carbocycles. The molecular weight excluding hydrogens is 639 g/mol. The van der Waals surface area contributed by atoms with Gasteiger partial charge in [0.2, 0.25) is 5.91 Å². The number of amides is 1. The van der Waals surface area contributed by atoms with Gasteiger partial charge in [-0.2, -0.15) is 0 Å². The Labute approximate surface area is 300 Å². The Balaban J connectivity index is 4.42. The molecule has 9 nitrogen and oxygen atoms in total. The SMILES string of the molecule is CCCCCCCCC/C=C/CC/C=C/C(O)C(COP(=O)(O)OCCN)NC(=O)CC(O)CCCCCCCCCCCCCCCC. The Morgan fingerprint density at radius 2 is 1.16 bits per heavy atom. The highest BCUT2D eigenvalue weighted by Crippen LogP contribution is 2.43. The van der Waals surface area contributed by atoms with Gasteiger partial charge in [0.15, 0.2) is 0 Å². The minimum atomic E-state index is -4.40. The quantitative estimate of drug-likeness (QED) is 0.0242. The molecule has 0 radical (unpaired) electrons. The Hall–Kier alpha value is -1.06. The zero-order valence-corrected chi connectivity index (χ0v) is 32.4. The molecule has 0 saturated carbocycles. The number of rotatable bonds is 37. The lowest BCUT2D eigenvalue weighted by Gasteiger charge is -2.24. The van der Waals surface area contributed by atoms with Crippen molar-refractivity contribution in [2.24, 2.45) is 5.73 Å². The minimum Gasteiger partial charge on any atom is -0.393 e. The van der Waals surface area contributed by atoms with Crippen molar-refractivity contribution < 1.29 is 33.5 Å². The monoisotopic (exact) mass is 717 g/mol. The lowest BCUT2D eigenvalue weighted by molar-refractivity contribution is -0.124. The molecule has 0 saturated heterocycles. The van der Waals surface area contributed by atoms with Gasteiger partial charge in [-0.3, -0.25) is 13.8 Å². The number of unbranched alkanes of at least 4 members (excludes halogenated alkanes) is 21. The van der Waals surface area contributed by atoms with E-state index in [4.69, 9.17) is 14.8 Å². The predicted molar refractivity (Wildman–Crippen MR) is 204 cm³/mol. The summed E-state index contributed by atoms with van der Waals surface area (Å²) in [6.07, 6.45) is 35.5. The number of allylic oxidation sites excluding steroid dienone is 3. The third-order valence-electron chi connectivity index (χ3n) is 8.83. The molecule has 0 aliphatic heterocycles. The number of nitrogens with two attached hydrogens (primary N) is 1. The molecule has 49 heavy (non-hydrogen) atoms. The fourth-order valence-electron chi connectivity index (χ4n) is 5.78. The van der Waals surface area contributed by atoms with Crippen LogP contribution < -0.4 is 11.1 Å². The number of carbonyl (C=O) groups excluding carboxylic acids is 1. The van der Waals surface area contributed by atoms with Crippen LogP contribution in [0.5, 0.6) is 0 Å². The van der Waals surface area contributed by atoms with E-state index in [1.165, 1.54) is 116 Å². The van der Waals surface area contributed by atoms with Gasteiger partial charge in [-0.15, -0.1) is 0 Å². The normalized spacial score (nSPS) is 15.1. The molecule has 0 aromatic rings. The first kappa shape index (κ1) is 47.9. The average Bonchev–Trinajstić information content (AvgIpc) is 3.07. The first-order valence-corrected chi connectivity index (χ1v) is 21.5. The van der Waals surface area contributed by atoms with Crippen LogP contribution in [-0.4, -0.2) is 59.0 Å². The van der Waals surface area contributed by atoms with Gasteiger partial charge in [-0.05, 0) is 32.1 Å². The molecular formula is C39H77N2O7P. The molecule has 0 aliphatic rings. The van der Waals surface area contributed by atoms with Crippen LogP contribution in [0.2, 0.25) is 0 Å².